The minimum absolute atomic E-state index is 0.192. The maximum absolute atomic E-state index is 12.6. The molecule has 0 bridgehead atoms. The summed E-state index contributed by atoms with van der Waals surface area (Å²) in [5.41, 5.74) is 1.13. The van der Waals surface area contributed by atoms with Gasteiger partial charge >= 0.3 is 0 Å². The smallest absolute Gasteiger partial charge is 0.187 e. The Kier molecular flexibility index (Phi) is 3.88. The van der Waals surface area contributed by atoms with Crippen LogP contribution in [-0.2, 0) is 6.42 Å². The van der Waals surface area contributed by atoms with Crippen molar-refractivity contribution >= 4 is 11.8 Å². The highest BCUT2D eigenvalue weighted by Gasteiger charge is 1.97. The van der Waals surface area contributed by atoms with Crippen LogP contribution in [-0.4, -0.2) is 15.7 Å². The monoisotopic (exact) mass is 234 g/mol. The van der Waals surface area contributed by atoms with Gasteiger partial charge in [0.05, 0.1) is 0 Å². The minimum atomic E-state index is -0.192. The predicted molar refractivity (Wildman–Crippen MR) is 62.9 cm³/mol. The highest BCUT2D eigenvalue weighted by Crippen LogP contribution is 2.13. The van der Waals surface area contributed by atoms with E-state index in [4.69, 9.17) is 0 Å². The molecule has 2 rings (SSSR count). The Bertz CT molecular complexity index is 431. The molecule has 16 heavy (non-hydrogen) atoms. The Labute approximate surface area is 97.9 Å². The second kappa shape index (κ2) is 5.61. The number of thioether (sulfide) groups is 1. The molecule has 2 nitrogen and oxygen atoms in total. The van der Waals surface area contributed by atoms with Crippen LogP contribution >= 0.6 is 11.8 Å². The third kappa shape index (κ3) is 3.31. The van der Waals surface area contributed by atoms with Crippen molar-refractivity contribution in [1.29, 1.82) is 0 Å². The van der Waals surface area contributed by atoms with Crippen molar-refractivity contribution in [2.24, 2.45) is 0 Å². The topological polar surface area (TPSA) is 25.8 Å². The number of hydrogen-bond donors (Lipinski definition) is 0. The van der Waals surface area contributed by atoms with Crippen molar-refractivity contribution < 1.29 is 4.39 Å². The van der Waals surface area contributed by atoms with Crippen LogP contribution < -0.4 is 0 Å². The Morgan fingerprint density at radius 2 is 1.75 bits per heavy atom. The number of hydrogen-bond acceptors (Lipinski definition) is 3. The lowest BCUT2D eigenvalue weighted by Crippen LogP contribution is -1.91. The first-order valence-corrected chi connectivity index (χ1v) is 5.97. The molecule has 1 heterocycles. The molecule has 0 unspecified atom stereocenters. The van der Waals surface area contributed by atoms with Crippen LogP contribution in [0.15, 0.2) is 47.9 Å². The van der Waals surface area contributed by atoms with Crippen molar-refractivity contribution in [1.82, 2.24) is 9.97 Å². The lowest BCUT2D eigenvalue weighted by molar-refractivity contribution is 0.627. The van der Waals surface area contributed by atoms with Crippen LogP contribution in [0.4, 0.5) is 4.39 Å². The first-order valence-electron chi connectivity index (χ1n) is 4.99. The van der Waals surface area contributed by atoms with Gasteiger partial charge in [-0.25, -0.2) is 14.4 Å². The summed E-state index contributed by atoms with van der Waals surface area (Å²) in [5.74, 6) is 0.707. The second-order valence-corrected chi connectivity index (χ2v) is 4.32. The lowest BCUT2D eigenvalue weighted by Gasteiger charge is -2.00. The number of aromatic nitrogens is 2. The van der Waals surface area contributed by atoms with Crippen LogP contribution in [0.25, 0.3) is 0 Å². The molecule has 2 aromatic rings. The zero-order valence-electron chi connectivity index (χ0n) is 8.64. The van der Waals surface area contributed by atoms with Gasteiger partial charge in [0, 0.05) is 18.1 Å². The van der Waals surface area contributed by atoms with Gasteiger partial charge in [0.15, 0.2) is 5.16 Å². The van der Waals surface area contributed by atoms with Gasteiger partial charge in [-0.1, -0.05) is 23.9 Å². The van der Waals surface area contributed by atoms with Crippen LogP contribution in [0.1, 0.15) is 5.56 Å². The van der Waals surface area contributed by atoms with Crippen molar-refractivity contribution in [3.63, 3.8) is 0 Å². The highest BCUT2D eigenvalue weighted by molar-refractivity contribution is 7.99. The first kappa shape index (κ1) is 11.1. The molecule has 0 saturated carbocycles. The van der Waals surface area contributed by atoms with Crippen molar-refractivity contribution in [3.8, 4) is 0 Å². The predicted octanol–water partition coefficient (Wildman–Crippen LogP) is 2.95. The van der Waals surface area contributed by atoms with Gasteiger partial charge in [0.25, 0.3) is 0 Å². The fourth-order valence-corrected chi connectivity index (χ4v) is 2.06. The van der Waals surface area contributed by atoms with E-state index in [1.807, 2.05) is 12.1 Å². The van der Waals surface area contributed by atoms with E-state index >= 15 is 0 Å². The fraction of sp³-hybridized carbons (Fsp3) is 0.167. The van der Waals surface area contributed by atoms with Gasteiger partial charge in [0.2, 0.25) is 0 Å². The molecule has 0 amide bonds. The molecule has 0 N–H and O–H groups in total. The van der Waals surface area contributed by atoms with E-state index in [0.29, 0.717) is 0 Å². The average Bonchev–Trinajstić information content (AvgIpc) is 2.33. The van der Waals surface area contributed by atoms with E-state index < -0.39 is 0 Å². The van der Waals surface area contributed by atoms with Crippen LogP contribution in [0.3, 0.4) is 0 Å². The summed E-state index contributed by atoms with van der Waals surface area (Å²) in [5, 5.41) is 0.782. The summed E-state index contributed by atoms with van der Waals surface area (Å²) >= 11 is 1.60. The number of rotatable bonds is 4. The van der Waals surface area contributed by atoms with E-state index in [-0.39, 0.29) is 5.82 Å². The molecule has 0 aliphatic heterocycles. The first-order chi connectivity index (χ1) is 7.84. The molecule has 0 saturated heterocycles. The summed E-state index contributed by atoms with van der Waals surface area (Å²) in [4.78, 5) is 8.23. The maximum atomic E-state index is 12.6. The largest absolute Gasteiger partial charge is 0.231 e. The lowest BCUT2D eigenvalue weighted by atomic mass is 10.2. The number of aryl methyl sites for hydroxylation is 1. The SMILES string of the molecule is Fc1ccc(CCSc2ncccn2)cc1. The zero-order valence-corrected chi connectivity index (χ0v) is 9.45. The minimum Gasteiger partial charge on any atom is -0.231 e. The highest BCUT2D eigenvalue weighted by atomic mass is 32.2. The molecule has 0 radical (unpaired) electrons. The number of benzene rings is 1. The van der Waals surface area contributed by atoms with E-state index in [2.05, 4.69) is 9.97 Å². The molecule has 0 aliphatic carbocycles. The Morgan fingerprint density at radius 1 is 1.06 bits per heavy atom. The molecule has 1 aromatic heterocycles. The summed E-state index contributed by atoms with van der Waals surface area (Å²) in [6.07, 6.45) is 4.35. The van der Waals surface area contributed by atoms with Crippen LogP contribution in [0.2, 0.25) is 0 Å². The van der Waals surface area contributed by atoms with E-state index in [1.165, 1.54) is 12.1 Å². The average molecular weight is 234 g/mol. The third-order valence-electron chi connectivity index (χ3n) is 2.08. The Balaban J connectivity index is 1.82. The van der Waals surface area contributed by atoms with Crippen LogP contribution in [0, 0.1) is 5.82 Å². The fourth-order valence-electron chi connectivity index (χ4n) is 1.27. The quantitative estimate of drug-likeness (QED) is 0.601. The van der Waals surface area contributed by atoms with Gasteiger partial charge in [-0.05, 0) is 30.2 Å². The molecule has 0 spiro atoms. The summed E-state index contributed by atoms with van der Waals surface area (Å²) < 4.78 is 12.6. The van der Waals surface area contributed by atoms with E-state index in [1.54, 1.807) is 30.2 Å². The molecule has 4 heteroatoms. The van der Waals surface area contributed by atoms with Gasteiger partial charge in [-0.15, -0.1) is 0 Å². The van der Waals surface area contributed by atoms with Crippen molar-refractivity contribution in [3.05, 3.63) is 54.1 Å². The summed E-state index contributed by atoms with van der Waals surface area (Å²) in [6, 6.07) is 8.38. The summed E-state index contributed by atoms with van der Waals surface area (Å²) in [7, 11) is 0. The standard InChI is InChI=1S/C12H11FN2S/c13-11-4-2-10(3-5-11)6-9-16-12-14-7-1-8-15-12/h1-5,7-8H,6,9H2. The molecule has 82 valence electrons. The van der Waals surface area contributed by atoms with Crippen molar-refractivity contribution in [2.45, 2.75) is 11.6 Å². The third-order valence-corrected chi connectivity index (χ3v) is 2.95. The van der Waals surface area contributed by atoms with E-state index in [9.17, 15) is 4.39 Å². The molecule has 0 aliphatic rings. The van der Waals surface area contributed by atoms with Crippen LogP contribution in [0.5, 0.6) is 0 Å². The molecular weight excluding hydrogens is 223 g/mol. The van der Waals surface area contributed by atoms with Gasteiger partial charge in [-0.2, -0.15) is 0 Å². The normalized spacial score (nSPS) is 10.3. The summed E-state index contributed by atoms with van der Waals surface area (Å²) in [6.45, 7) is 0. The van der Waals surface area contributed by atoms with Gasteiger partial charge in [-0.3, -0.25) is 0 Å². The van der Waals surface area contributed by atoms with Crippen molar-refractivity contribution in [2.75, 3.05) is 5.75 Å². The Morgan fingerprint density at radius 3 is 2.44 bits per heavy atom. The maximum Gasteiger partial charge on any atom is 0.187 e. The second-order valence-electron chi connectivity index (χ2n) is 3.26. The Hall–Kier alpha value is -1.42. The molecular formula is C12H11FN2S. The number of nitrogens with zero attached hydrogens (tertiary/aromatic N) is 2. The van der Waals surface area contributed by atoms with Gasteiger partial charge in [0.1, 0.15) is 5.82 Å². The molecule has 0 fully saturated rings. The number of halogens is 1. The molecule has 1 aromatic carbocycles. The van der Waals surface area contributed by atoms with Gasteiger partial charge < -0.3 is 0 Å². The molecule has 0 atom stereocenters. The zero-order chi connectivity index (χ0) is 11.2. The van der Waals surface area contributed by atoms with E-state index in [0.717, 1.165) is 22.9 Å².